The summed E-state index contributed by atoms with van der Waals surface area (Å²) in [5.74, 6) is 0.768. The van der Waals surface area contributed by atoms with E-state index in [1.165, 1.54) is 6.42 Å². The van der Waals surface area contributed by atoms with Gasteiger partial charge in [-0.05, 0) is 43.9 Å². The molecule has 1 aliphatic heterocycles. The lowest BCUT2D eigenvalue weighted by Gasteiger charge is -2.27. The molecule has 1 aromatic carbocycles. The Morgan fingerprint density at radius 3 is 2.56 bits per heavy atom. The molecule has 1 saturated heterocycles. The number of piperidine rings is 1. The van der Waals surface area contributed by atoms with Gasteiger partial charge in [-0.25, -0.2) is 0 Å². The summed E-state index contributed by atoms with van der Waals surface area (Å²) in [4.78, 5) is 14.4. The highest BCUT2D eigenvalue weighted by atomic mass is 79.9. The number of methoxy groups -OCH3 is 1. The van der Waals surface area contributed by atoms with Crippen molar-refractivity contribution >= 4 is 21.8 Å². The van der Waals surface area contributed by atoms with Gasteiger partial charge in [0.05, 0.1) is 12.7 Å². The van der Waals surface area contributed by atoms with Gasteiger partial charge in [0.15, 0.2) is 0 Å². The minimum Gasteiger partial charge on any atom is -0.496 e. The molecule has 1 amide bonds. The first kappa shape index (κ1) is 13.4. The van der Waals surface area contributed by atoms with E-state index in [2.05, 4.69) is 15.9 Å². The maximum Gasteiger partial charge on any atom is 0.257 e. The lowest BCUT2D eigenvalue weighted by molar-refractivity contribution is 0.0720. The Hall–Kier alpha value is -1.03. The standard InChI is InChI=1S/C14H18BrNO2/c1-10-8-11(15)9-12(13(10)18-2)14(17)16-6-4-3-5-7-16/h8-9H,3-7H2,1-2H3. The zero-order valence-corrected chi connectivity index (χ0v) is 12.4. The molecule has 0 saturated carbocycles. The van der Waals surface area contributed by atoms with Gasteiger partial charge in [-0.3, -0.25) is 4.79 Å². The van der Waals surface area contributed by atoms with Crippen molar-refractivity contribution in [2.45, 2.75) is 26.2 Å². The van der Waals surface area contributed by atoms with Crippen LogP contribution in [0.25, 0.3) is 0 Å². The molecule has 1 fully saturated rings. The van der Waals surface area contributed by atoms with Crippen LogP contribution in [0.1, 0.15) is 35.2 Å². The zero-order chi connectivity index (χ0) is 13.1. The molecule has 0 bridgehead atoms. The van der Waals surface area contributed by atoms with Crippen LogP contribution < -0.4 is 4.74 Å². The molecular formula is C14H18BrNO2. The van der Waals surface area contributed by atoms with Crippen LogP contribution in [-0.4, -0.2) is 31.0 Å². The average Bonchev–Trinajstić information content (AvgIpc) is 2.38. The van der Waals surface area contributed by atoms with Gasteiger partial charge in [-0.2, -0.15) is 0 Å². The third kappa shape index (κ3) is 2.69. The molecule has 0 N–H and O–H groups in total. The molecule has 3 nitrogen and oxygen atoms in total. The van der Waals surface area contributed by atoms with E-state index >= 15 is 0 Å². The van der Waals surface area contributed by atoms with E-state index in [0.29, 0.717) is 11.3 Å². The van der Waals surface area contributed by atoms with E-state index in [-0.39, 0.29) is 5.91 Å². The number of rotatable bonds is 2. The third-order valence-corrected chi connectivity index (χ3v) is 3.78. The second-order valence-electron chi connectivity index (χ2n) is 4.66. The predicted octanol–water partition coefficient (Wildman–Crippen LogP) is 3.39. The number of carbonyl (C=O) groups is 1. The monoisotopic (exact) mass is 311 g/mol. The number of benzene rings is 1. The second-order valence-corrected chi connectivity index (χ2v) is 5.57. The van der Waals surface area contributed by atoms with Crippen LogP contribution in [0, 0.1) is 6.92 Å². The number of likely N-dealkylation sites (tertiary alicyclic amines) is 1. The number of ether oxygens (including phenoxy) is 1. The van der Waals surface area contributed by atoms with Crippen molar-refractivity contribution < 1.29 is 9.53 Å². The fraction of sp³-hybridized carbons (Fsp3) is 0.500. The van der Waals surface area contributed by atoms with E-state index in [4.69, 9.17) is 4.74 Å². The smallest absolute Gasteiger partial charge is 0.257 e. The predicted molar refractivity (Wildman–Crippen MR) is 75.2 cm³/mol. The number of amides is 1. The fourth-order valence-electron chi connectivity index (χ4n) is 2.43. The molecule has 0 radical (unpaired) electrons. The van der Waals surface area contributed by atoms with Crippen LogP contribution in [0.2, 0.25) is 0 Å². The van der Waals surface area contributed by atoms with E-state index in [9.17, 15) is 4.79 Å². The summed E-state index contributed by atoms with van der Waals surface area (Å²) in [7, 11) is 1.61. The van der Waals surface area contributed by atoms with Crippen LogP contribution >= 0.6 is 15.9 Å². The molecule has 1 aromatic rings. The average molecular weight is 312 g/mol. The molecule has 0 unspecified atom stereocenters. The van der Waals surface area contributed by atoms with E-state index in [1.807, 2.05) is 24.0 Å². The van der Waals surface area contributed by atoms with Crippen LogP contribution in [0.5, 0.6) is 5.75 Å². The van der Waals surface area contributed by atoms with Crippen molar-refractivity contribution in [1.29, 1.82) is 0 Å². The van der Waals surface area contributed by atoms with Gasteiger partial charge in [0.25, 0.3) is 5.91 Å². The lowest BCUT2D eigenvalue weighted by Crippen LogP contribution is -2.35. The highest BCUT2D eigenvalue weighted by molar-refractivity contribution is 9.10. The Morgan fingerprint density at radius 1 is 1.28 bits per heavy atom. The molecule has 0 spiro atoms. The maximum atomic E-state index is 12.5. The number of carbonyl (C=O) groups excluding carboxylic acids is 1. The number of halogens is 1. The molecular weight excluding hydrogens is 294 g/mol. The largest absolute Gasteiger partial charge is 0.496 e. The lowest BCUT2D eigenvalue weighted by atomic mass is 10.1. The minimum atomic E-state index is 0.0796. The molecule has 1 heterocycles. The van der Waals surface area contributed by atoms with Crippen molar-refractivity contribution in [2.75, 3.05) is 20.2 Å². The van der Waals surface area contributed by atoms with Gasteiger partial charge in [-0.15, -0.1) is 0 Å². The summed E-state index contributed by atoms with van der Waals surface area (Å²) in [6.07, 6.45) is 3.42. The van der Waals surface area contributed by atoms with E-state index in [0.717, 1.165) is 36.0 Å². The Morgan fingerprint density at radius 2 is 1.94 bits per heavy atom. The molecule has 2 rings (SSSR count). The SMILES string of the molecule is COc1c(C)cc(Br)cc1C(=O)N1CCCCC1. The molecule has 1 aliphatic rings. The maximum absolute atomic E-state index is 12.5. The number of aryl methyl sites for hydroxylation is 1. The van der Waals surface area contributed by atoms with Gasteiger partial charge in [-0.1, -0.05) is 15.9 Å². The second kappa shape index (κ2) is 5.74. The van der Waals surface area contributed by atoms with Gasteiger partial charge in [0.1, 0.15) is 5.75 Å². The van der Waals surface area contributed by atoms with Crippen LogP contribution in [-0.2, 0) is 0 Å². The van der Waals surface area contributed by atoms with Gasteiger partial charge in [0.2, 0.25) is 0 Å². The van der Waals surface area contributed by atoms with E-state index in [1.54, 1.807) is 7.11 Å². The first-order chi connectivity index (χ1) is 8.63. The Kier molecular flexibility index (Phi) is 4.27. The quantitative estimate of drug-likeness (QED) is 0.838. The molecule has 18 heavy (non-hydrogen) atoms. The normalized spacial score (nSPS) is 15.6. The zero-order valence-electron chi connectivity index (χ0n) is 10.8. The van der Waals surface area contributed by atoms with Crippen LogP contribution in [0.4, 0.5) is 0 Å². The van der Waals surface area contributed by atoms with Crippen molar-refractivity contribution in [3.8, 4) is 5.75 Å². The topological polar surface area (TPSA) is 29.5 Å². The van der Waals surface area contributed by atoms with Crippen molar-refractivity contribution in [1.82, 2.24) is 4.90 Å². The first-order valence-corrected chi connectivity index (χ1v) is 7.06. The summed E-state index contributed by atoms with van der Waals surface area (Å²) in [6, 6.07) is 3.81. The van der Waals surface area contributed by atoms with Crippen molar-refractivity contribution in [3.05, 3.63) is 27.7 Å². The number of hydrogen-bond acceptors (Lipinski definition) is 2. The van der Waals surface area contributed by atoms with Gasteiger partial charge < -0.3 is 9.64 Å². The highest BCUT2D eigenvalue weighted by Gasteiger charge is 2.22. The van der Waals surface area contributed by atoms with Gasteiger partial charge in [0, 0.05) is 17.6 Å². The Bertz CT molecular complexity index is 453. The molecule has 0 aromatic heterocycles. The summed E-state index contributed by atoms with van der Waals surface area (Å²) in [5, 5.41) is 0. The first-order valence-electron chi connectivity index (χ1n) is 6.27. The van der Waals surface area contributed by atoms with Crippen LogP contribution in [0.15, 0.2) is 16.6 Å². The molecule has 0 aliphatic carbocycles. The third-order valence-electron chi connectivity index (χ3n) is 3.32. The number of nitrogens with zero attached hydrogens (tertiary/aromatic N) is 1. The van der Waals surface area contributed by atoms with Crippen LogP contribution in [0.3, 0.4) is 0 Å². The molecule has 98 valence electrons. The fourth-order valence-corrected chi connectivity index (χ4v) is 3.00. The highest BCUT2D eigenvalue weighted by Crippen LogP contribution is 2.29. The summed E-state index contributed by atoms with van der Waals surface area (Å²) in [5.41, 5.74) is 1.64. The van der Waals surface area contributed by atoms with Gasteiger partial charge >= 0.3 is 0 Å². The minimum absolute atomic E-state index is 0.0796. The Balaban J connectivity index is 2.33. The summed E-state index contributed by atoms with van der Waals surface area (Å²) < 4.78 is 6.29. The van der Waals surface area contributed by atoms with Crippen molar-refractivity contribution in [2.24, 2.45) is 0 Å². The Labute approximate surface area is 116 Å². The van der Waals surface area contributed by atoms with Crippen molar-refractivity contribution in [3.63, 3.8) is 0 Å². The molecule has 4 heteroatoms. The summed E-state index contributed by atoms with van der Waals surface area (Å²) in [6.45, 7) is 3.66. The van der Waals surface area contributed by atoms with E-state index < -0.39 is 0 Å². The number of hydrogen-bond donors (Lipinski definition) is 0. The molecule has 0 atom stereocenters. The summed E-state index contributed by atoms with van der Waals surface area (Å²) >= 11 is 3.44.